The highest BCUT2D eigenvalue weighted by Gasteiger charge is 2.29. The van der Waals surface area contributed by atoms with E-state index in [1.165, 1.54) is 6.07 Å². The van der Waals surface area contributed by atoms with E-state index in [1.807, 2.05) is 11.9 Å². The summed E-state index contributed by atoms with van der Waals surface area (Å²) in [4.78, 5) is 12.6. The summed E-state index contributed by atoms with van der Waals surface area (Å²) in [6.07, 6.45) is 3.00. The maximum absolute atomic E-state index is 13.5. The van der Waals surface area contributed by atoms with Crippen molar-refractivity contribution in [3.63, 3.8) is 0 Å². The van der Waals surface area contributed by atoms with E-state index < -0.39 is 10.7 Å². The minimum Gasteiger partial charge on any atom is -0.362 e. The van der Waals surface area contributed by atoms with Crippen LogP contribution in [0, 0.1) is 15.9 Å². The van der Waals surface area contributed by atoms with Gasteiger partial charge in [-0.2, -0.15) is 0 Å². The average Bonchev–Trinajstić information content (AvgIpc) is 2.42. The number of nitro groups is 1. The first-order valence-corrected chi connectivity index (χ1v) is 6.97. The van der Waals surface area contributed by atoms with Crippen molar-refractivity contribution in [3.05, 3.63) is 33.1 Å². The SMILES string of the molecule is CNCC1CCCCN1c1cc(Cl)c(F)cc1[N+](=O)[O-]. The average molecular weight is 302 g/mol. The third kappa shape index (κ3) is 3.02. The number of hydrogen-bond acceptors (Lipinski definition) is 4. The summed E-state index contributed by atoms with van der Waals surface area (Å²) in [7, 11) is 1.85. The minimum atomic E-state index is -0.760. The van der Waals surface area contributed by atoms with Gasteiger partial charge in [-0.25, -0.2) is 4.39 Å². The first kappa shape index (κ1) is 15.0. The van der Waals surface area contributed by atoms with Crippen LogP contribution in [-0.2, 0) is 0 Å². The van der Waals surface area contributed by atoms with Gasteiger partial charge in [0.2, 0.25) is 0 Å². The van der Waals surface area contributed by atoms with Gasteiger partial charge in [0.05, 0.1) is 16.0 Å². The van der Waals surface area contributed by atoms with E-state index in [0.29, 0.717) is 5.69 Å². The van der Waals surface area contributed by atoms with E-state index in [9.17, 15) is 14.5 Å². The van der Waals surface area contributed by atoms with Gasteiger partial charge in [-0.15, -0.1) is 0 Å². The fourth-order valence-electron chi connectivity index (χ4n) is 2.67. The molecule has 1 aromatic rings. The number of halogens is 2. The minimum absolute atomic E-state index is 0.0839. The summed E-state index contributed by atoms with van der Waals surface area (Å²) in [6, 6.07) is 2.43. The molecule has 1 aromatic carbocycles. The molecule has 5 nitrogen and oxygen atoms in total. The number of nitrogens with zero attached hydrogens (tertiary/aromatic N) is 2. The molecule has 0 aliphatic carbocycles. The topological polar surface area (TPSA) is 58.4 Å². The summed E-state index contributed by atoms with van der Waals surface area (Å²) in [5, 5.41) is 14.2. The first-order chi connectivity index (χ1) is 9.54. The smallest absolute Gasteiger partial charge is 0.295 e. The lowest BCUT2D eigenvalue weighted by Gasteiger charge is -2.37. The Morgan fingerprint density at radius 1 is 1.55 bits per heavy atom. The molecule has 1 aliphatic heterocycles. The monoisotopic (exact) mass is 301 g/mol. The Labute approximate surface area is 121 Å². The Balaban J connectivity index is 2.43. The Morgan fingerprint density at radius 3 is 2.95 bits per heavy atom. The maximum atomic E-state index is 13.5. The lowest BCUT2D eigenvalue weighted by Crippen LogP contribution is -2.45. The normalized spacial score (nSPS) is 19.1. The van der Waals surface area contributed by atoms with Gasteiger partial charge in [-0.1, -0.05) is 11.6 Å². The van der Waals surface area contributed by atoms with Crippen LogP contribution in [0.25, 0.3) is 0 Å². The second-order valence-electron chi connectivity index (χ2n) is 4.91. The van der Waals surface area contributed by atoms with Crippen molar-refractivity contribution in [2.75, 3.05) is 25.0 Å². The van der Waals surface area contributed by atoms with Crippen molar-refractivity contribution in [2.24, 2.45) is 0 Å². The number of nitrogens with one attached hydrogen (secondary N) is 1. The standard InChI is InChI=1S/C13H17ClFN3O2/c1-16-8-9-4-2-3-5-17(9)12-6-10(14)11(15)7-13(12)18(19)20/h6-7,9,16H,2-5,8H2,1H3. The highest BCUT2D eigenvalue weighted by atomic mass is 35.5. The molecular weight excluding hydrogens is 285 g/mol. The predicted molar refractivity (Wildman–Crippen MR) is 77.0 cm³/mol. The molecule has 1 fully saturated rings. The van der Waals surface area contributed by atoms with E-state index in [1.54, 1.807) is 0 Å². The number of benzene rings is 1. The van der Waals surface area contributed by atoms with Crippen molar-refractivity contribution in [1.82, 2.24) is 5.32 Å². The van der Waals surface area contributed by atoms with Crippen molar-refractivity contribution in [2.45, 2.75) is 25.3 Å². The molecule has 0 bridgehead atoms. The largest absolute Gasteiger partial charge is 0.362 e. The third-order valence-corrected chi connectivity index (χ3v) is 3.88. The number of hydrogen-bond donors (Lipinski definition) is 1. The first-order valence-electron chi connectivity index (χ1n) is 6.59. The zero-order valence-corrected chi connectivity index (χ0v) is 12.0. The number of piperidine rings is 1. The highest BCUT2D eigenvalue weighted by molar-refractivity contribution is 6.31. The maximum Gasteiger partial charge on any atom is 0.295 e. The Kier molecular flexibility index (Phi) is 4.77. The van der Waals surface area contributed by atoms with Gasteiger partial charge < -0.3 is 10.2 Å². The van der Waals surface area contributed by atoms with Crippen molar-refractivity contribution >= 4 is 23.0 Å². The summed E-state index contributed by atoms with van der Waals surface area (Å²) < 4.78 is 13.5. The number of anilines is 1. The number of nitro benzene ring substituents is 1. The van der Waals surface area contributed by atoms with E-state index in [4.69, 9.17) is 11.6 Å². The Hall–Kier alpha value is -1.40. The molecule has 1 saturated heterocycles. The molecule has 0 spiro atoms. The lowest BCUT2D eigenvalue weighted by molar-refractivity contribution is -0.384. The van der Waals surface area contributed by atoms with Crippen LogP contribution in [0.4, 0.5) is 15.8 Å². The molecule has 1 N–H and O–H groups in total. The lowest BCUT2D eigenvalue weighted by atomic mass is 10.0. The van der Waals surface area contributed by atoms with Crippen LogP contribution in [0.3, 0.4) is 0 Å². The molecule has 0 amide bonds. The number of rotatable bonds is 4. The van der Waals surface area contributed by atoms with Crippen LogP contribution in [0.1, 0.15) is 19.3 Å². The Morgan fingerprint density at radius 2 is 2.30 bits per heavy atom. The molecule has 0 saturated carbocycles. The van der Waals surface area contributed by atoms with Crippen LogP contribution in [0.5, 0.6) is 0 Å². The molecule has 2 rings (SSSR count). The highest BCUT2D eigenvalue weighted by Crippen LogP contribution is 2.36. The van der Waals surface area contributed by atoms with Gasteiger partial charge in [-0.05, 0) is 32.4 Å². The molecule has 0 radical (unpaired) electrons. The summed E-state index contributed by atoms with van der Waals surface area (Å²) >= 11 is 5.79. The molecule has 1 unspecified atom stereocenters. The molecule has 7 heteroatoms. The van der Waals surface area contributed by atoms with E-state index in [-0.39, 0.29) is 16.8 Å². The summed E-state index contributed by atoms with van der Waals surface area (Å²) in [5.41, 5.74) is 0.177. The Bertz CT molecular complexity index is 511. The molecule has 0 aromatic heterocycles. The summed E-state index contributed by atoms with van der Waals surface area (Å²) in [6.45, 7) is 1.45. The van der Waals surface area contributed by atoms with E-state index in [2.05, 4.69) is 5.32 Å². The van der Waals surface area contributed by atoms with Crippen LogP contribution >= 0.6 is 11.6 Å². The molecule has 110 valence electrons. The second kappa shape index (κ2) is 6.37. The fraction of sp³-hybridized carbons (Fsp3) is 0.538. The fourth-order valence-corrected chi connectivity index (χ4v) is 2.83. The van der Waals surface area contributed by atoms with Crippen molar-refractivity contribution in [1.29, 1.82) is 0 Å². The zero-order chi connectivity index (χ0) is 14.7. The molecule has 1 atom stereocenters. The van der Waals surface area contributed by atoms with Crippen molar-refractivity contribution < 1.29 is 9.31 Å². The van der Waals surface area contributed by atoms with Crippen LogP contribution < -0.4 is 10.2 Å². The molecule has 1 heterocycles. The zero-order valence-electron chi connectivity index (χ0n) is 11.2. The van der Waals surface area contributed by atoms with Gasteiger partial charge in [0.1, 0.15) is 11.5 Å². The van der Waals surface area contributed by atoms with Gasteiger partial charge in [0.15, 0.2) is 0 Å². The van der Waals surface area contributed by atoms with Gasteiger partial charge >= 0.3 is 0 Å². The third-order valence-electron chi connectivity index (χ3n) is 3.59. The van der Waals surface area contributed by atoms with Gasteiger partial charge in [-0.3, -0.25) is 10.1 Å². The molecule has 20 heavy (non-hydrogen) atoms. The molecular formula is C13H17ClFN3O2. The van der Waals surface area contributed by atoms with Crippen LogP contribution in [0.2, 0.25) is 5.02 Å². The van der Waals surface area contributed by atoms with Gasteiger partial charge in [0.25, 0.3) is 5.69 Å². The number of likely N-dealkylation sites (N-methyl/N-ethyl adjacent to an activating group) is 1. The van der Waals surface area contributed by atoms with Gasteiger partial charge in [0, 0.05) is 19.1 Å². The van der Waals surface area contributed by atoms with E-state index in [0.717, 1.165) is 38.4 Å². The van der Waals surface area contributed by atoms with Crippen LogP contribution in [-0.4, -0.2) is 31.1 Å². The predicted octanol–water partition coefficient (Wildman–Crippen LogP) is 2.97. The summed E-state index contributed by atoms with van der Waals surface area (Å²) in [5.74, 6) is -0.760. The van der Waals surface area contributed by atoms with E-state index >= 15 is 0 Å². The molecule has 1 aliphatic rings. The van der Waals surface area contributed by atoms with Crippen molar-refractivity contribution in [3.8, 4) is 0 Å². The second-order valence-corrected chi connectivity index (χ2v) is 5.32. The van der Waals surface area contributed by atoms with Crippen LogP contribution in [0.15, 0.2) is 12.1 Å². The quantitative estimate of drug-likeness (QED) is 0.686.